The molecule has 0 radical (unpaired) electrons. The summed E-state index contributed by atoms with van der Waals surface area (Å²) in [7, 11) is 1.44. The van der Waals surface area contributed by atoms with Gasteiger partial charge in [0, 0.05) is 6.20 Å². The maximum atomic E-state index is 11.1. The van der Waals surface area contributed by atoms with Crippen molar-refractivity contribution in [3.8, 4) is 5.75 Å². The minimum Gasteiger partial charge on any atom is -0.496 e. The van der Waals surface area contributed by atoms with E-state index < -0.39 is 5.97 Å². The number of aromatic carboxylic acids is 1. The van der Waals surface area contributed by atoms with Crippen LogP contribution in [-0.2, 0) is 6.54 Å². The maximum absolute atomic E-state index is 11.1. The lowest BCUT2D eigenvalue weighted by molar-refractivity contribution is 0.0693. The van der Waals surface area contributed by atoms with Crippen LogP contribution in [0.3, 0.4) is 0 Å². The molecular formula is C12H11ClN2O3. The standard InChI is InChI=1S/C12H11ClN2O3/c1-18-11-3-2-8(4-10(11)12(16)17)6-15-7-9(13)5-14-15/h2-5,7H,6H2,1H3,(H,16,17). The summed E-state index contributed by atoms with van der Waals surface area (Å²) in [6.07, 6.45) is 3.20. The zero-order chi connectivity index (χ0) is 13.1. The molecule has 5 nitrogen and oxygen atoms in total. The van der Waals surface area contributed by atoms with E-state index in [1.54, 1.807) is 29.1 Å². The topological polar surface area (TPSA) is 64.4 Å². The number of aromatic nitrogens is 2. The molecule has 0 spiro atoms. The molecule has 0 aliphatic rings. The van der Waals surface area contributed by atoms with Gasteiger partial charge in [-0.1, -0.05) is 17.7 Å². The Bertz CT molecular complexity index is 580. The van der Waals surface area contributed by atoms with Crippen LogP contribution in [0.5, 0.6) is 5.75 Å². The Morgan fingerprint density at radius 1 is 1.56 bits per heavy atom. The molecule has 0 fully saturated rings. The van der Waals surface area contributed by atoms with Crippen LogP contribution >= 0.6 is 11.6 Å². The molecular weight excluding hydrogens is 256 g/mol. The minimum absolute atomic E-state index is 0.133. The highest BCUT2D eigenvalue weighted by Gasteiger charge is 2.11. The Labute approximate surface area is 109 Å². The van der Waals surface area contributed by atoms with Gasteiger partial charge in [-0.05, 0) is 17.7 Å². The lowest BCUT2D eigenvalue weighted by Gasteiger charge is -2.07. The first-order valence-corrected chi connectivity index (χ1v) is 5.56. The van der Waals surface area contributed by atoms with E-state index in [-0.39, 0.29) is 5.56 Å². The van der Waals surface area contributed by atoms with Gasteiger partial charge in [0.15, 0.2) is 0 Å². The van der Waals surface area contributed by atoms with E-state index in [9.17, 15) is 4.79 Å². The lowest BCUT2D eigenvalue weighted by atomic mass is 10.1. The predicted octanol–water partition coefficient (Wildman–Crippen LogP) is 2.29. The van der Waals surface area contributed by atoms with Crippen LogP contribution in [0.2, 0.25) is 5.02 Å². The first kappa shape index (κ1) is 12.4. The third-order valence-electron chi connectivity index (χ3n) is 2.44. The quantitative estimate of drug-likeness (QED) is 0.922. The van der Waals surface area contributed by atoms with Gasteiger partial charge in [-0.15, -0.1) is 0 Å². The van der Waals surface area contributed by atoms with Crippen molar-refractivity contribution in [3.05, 3.63) is 46.7 Å². The van der Waals surface area contributed by atoms with Crippen LogP contribution in [0.4, 0.5) is 0 Å². The summed E-state index contributed by atoms with van der Waals surface area (Å²) in [5, 5.41) is 13.6. The molecule has 1 aromatic carbocycles. The van der Waals surface area contributed by atoms with Gasteiger partial charge < -0.3 is 9.84 Å². The smallest absolute Gasteiger partial charge is 0.339 e. The number of nitrogens with zero attached hydrogens (tertiary/aromatic N) is 2. The highest BCUT2D eigenvalue weighted by atomic mass is 35.5. The van der Waals surface area contributed by atoms with Crippen molar-refractivity contribution >= 4 is 17.6 Å². The monoisotopic (exact) mass is 266 g/mol. The molecule has 6 heteroatoms. The van der Waals surface area contributed by atoms with Crippen LogP contribution in [0.1, 0.15) is 15.9 Å². The molecule has 94 valence electrons. The molecule has 1 aromatic heterocycles. The summed E-state index contributed by atoms with van der Waals surface area (Å²) < 4.78 is 6.63. The zero-order valence-corrected chi connectivity index (χ0v) is 10.4. The number of ether oxygens (including phenoxy) is 1. The molecule has 0 unspecified atom stereocenters. The second kappa shape index (κ2) is 5.10. The fourth-order valence-electron chi connectivity index (χ4n) is 1.63. The molecule has 0 amide bonds. The van der Waals surface area contributed by atoms with E-state index in [2.05, 4.69) is 5.10 Å². The summed E-state index contributed by atoms with van der Waals surface area (Å²) in [6, 6.07) is 4.99. The number of benzene rings is 1. The van der Waals surface area contributed by atoms with Crippen LogP contribution in [0.15, 0.2) is 30.6 Å². The van der Waals surface area contributed by atoms with Gasteiger partial charge in [-0.3, -0.25) is 4.68 Å². The Kier molecular flexibility index (Phi) is 3.53. The highest BCUT2D eigenvalue weighted by molar-refractivity contribution is 6.30. The first-order chi connectivity index (χ1) is 8.60. The number of rotatable bonds is 4. The van der Waals surface area contributed by atoms with Crippen LogP contribution in [-0.4, -0.2) is 28.0 Å². The molecule has 18 heavy (non-hydrogen) atoms. The number of hydrogen-bond acceptors (Lipinski definition) is 3. The molecule has 0 aliphatic heterocycles. The molecule has 1 heterocycles. The van der Waals surface area contributed by atoms with Gasteiger partial charge in [-0.25, -0.2) is 4.79 Å². The molecule has 2 rings (SSSR count). The predicted molar refractivity (Wildman–Crippen MR) is 66.3 cm³/mol. The Morgan fingerprint density at radius 3 is 2.89 bits per heavy atom. The largest absolute Gasteiger partial charge is 0.496 e. The van der Waals surface area contributed by atoms with Crippen molar-refractivity contribution in [1.82, 2.24) is 9.78 Å². The summed E-state index contributed by atoms with van der Waals surface area (Å²) in [6.45, 7) is 0.455. The van der Waals surface area contributed by atoms with Gasteiger partial charge >= 0.3 is 5.97 Å². The molecule has 0 atom stereocenters. The summed E-state index contributed by atoms with van der Waals surface area (Å²) in [5.41, 5.74) is 0.946. The molecule has 0 aliphatic carbocycles. The Hall–Kier alpha value is -2.01. The fraction of sp³-hybridized carbons (Fsp3) is 0.167. The zero-order valence-electron chi connectivity index (χ0n) is 9.63. The Balaban J connectivity index is 2.29. The van der Waals surface area contributed by atoms with E-state index in [1.807, 2.05) is 0 Å². The molecule has 1 N–H and O–H groups in total. The van der Waals surface area contributed by atoms with Crippen molar-refractivity contribution < 1.29 is 14.6 Å². The normalized spacial score (nSPS) is 10.3. The molecule has 0 saturated heterocycles. The number of carboxylic acids is 1. The number of methoxy groups -OCH3 is 1. The van der Waals surface area contributed by atoms with Gasteiger partial charge in [0.25, 0.3) is 0 Å². The minimum atomic E-state index is -1.02. The van der Waals surface area contributed by atoms with Gasteiger partial charge in [0.2, 0.25) is 0 Å². The number of carbonyl (C=O) groups is 1. The van der Waals surface area contributed by atoms with Crippen LogP contribution in [0, 0.1) is 0 Å². The van der Waals surface area contributed by atoms with Crippen LogP contribution in [0.25, 0.3) is 0 Å². The van der Waals surface area contributed by atoms with Crippen molar-refractivity contribution in [2.75, 3.05) is 7.11 Å². The third-order valence-corrected chi connectivity index (χ3v) is 2.64. The molecule has 0 bridgehead atoms. The fourth-order valence-corrected chi connectivity index (χ4v) is 1.79. The van der Waals surface area contributed by atoms with Crippen molar-refractivity contribution in [2.45, 2.75) is 6.54 Å². The third kappa shape index (κ3) is 2.62. The van der Waals surface area contributed by atoms with Gasteiger partial charge in [-0.2, -0.15) is 5.10 Å². The number of halogens is 1. The first-order valence-electron chi connectivity index (χ1n) is 5.18. The van der Waals surface area contributed by atoms with Crippen LogP contribution < -0.4 is 4.74 Å². The van der Waals surface area contributed by atoms with E-state index in [0.29, 0.717) is 17.3 Å². The average molecular weight is 267 g/mol. The molecule has 0 saturated carbocycles. The summed E-state index contributed by atoms with van der Waals surface area (Å²) in [4.78, 5) is 11.1. The van der Waals surface area contributed by atoms with E-state index in [1.165, 1.54) is 13.3 Å². The lowest BCUT2D eigenvalue weighted by Crippen LogP contribution is -2.04. The SMILES string of the molecule is COc1ccc(Cn2cc(Cl)cn2)cc1C(=O)O. The number of hydrogen-bond donors (Lipinski definition) is 1. The highest BCUT2D eigenvalue weighted by Crippen LogP contribution is 2.20. The second-order valence-corrected chi connectivity index (χ2v) is 4.13. The van der Waals surface area contributed by atoms with Gasteiger partial charge in [0.1, 0.15) is 11.3 Å². The number of carboxylic acid groups (broad SMARTS) is 1. The molecule has 2 aromatic rings. The van der Waals surface area contributed by atoms with Crippen molar-refractivity contribution in [2.24, 2.45) is 0 Å². The summed E-state index contributed by atoms with van der Waals surface area (Å²) >= 11 is 5.76. The Morgan fingerprint density at radius 2 is 2.33 bits per heavy atom. The van der Waals surface area contributed by atoms with E-state index in [4.69, 9.17) is 21.4 Å². The van der Waals surface area contributed by atoms with Gasteiger partial charge in [0.05, 0.1) is 24.9 Å². The summed E-state index contributed by atoms with van der Waals surface area (Å²) in [5.74, 6) is -0.683. The average Bonchev–Trinajstić information content (AvgIpc) is 2.74. The van der Waals surface area contributed by atoms with E-state index >= 15 is 0 Å². The maximum Gasteiger partial charge on any atom is 0.339 e. The van der Waals surface area contributed by atoms with E-state index in [0.717, 1.165) is 5.56 Å². The second-order valence-electron chi connectivity index (χ2n) is 3.70. The van der Waals surface area contributed by atoms with Crippen molar-refractivity contribution in [3.63, 3.8) is 0 Å². The van der Waals surface area contributed by atoms with Crippen molar-refractivity contribution in [1.29, 1.82) is 0 Å².